The van der Waals surface area contributed by atoms with Crippen LogP contribution in [0.15, 0.2) is 42.5 Å². The summed E-state index contributed by atoms with van der Waals surface area (Å²) in [4.78, 5) is 12.3. The van der Waals surface area contributed by atoms with Crippen molar-refractivity contribution >= 4 is 5.91 Å². The van der Waals surface area contributed by atoms with E-state index in [9.17, 15) is 20.1 Å². The van der Waals surface area contributed by atoms with Gasteiger partial charge in [0.1, 0.15) is 5.75 Å². The summed E-state index contributed by atoms with van der Waals surface area (Å²) in [5.41, 5.74) is 3.21. The van der Waals surface area contributed by atoms with Crippen LogP contribution in [0.3, 0.4) is 0 Å². The number of carbonyl (C=O) groups excluding carboxylic acids is 1. The molecule has 168 valence electrons. The highest BCUT2D eigenvalue weighted by atomic mass is 16.3. The van der Waals surface area contributed by atoms with Crippen molar-refractivity contribution in [3.63, 3.8) is 0 Å². The third kappa shape index (κ3) is 7.06. The third-order valence-corrected chi connectivity index (χ3v) is 5.94. The van der Waals surface area contributed by atoms with Crippen LogP contribution in [0.1, 0.15) is 61.0 Å². The van der Waals surface area contributed by atoms with Crippen LogP contribution in [0, 0.1) is 0 Å². The molecule has 0 radical (unpaired) electrons. The molecule has 1 saturated carbocycles. The molecule has 0 spiro atoms. The number of rotatable bonds is 10. The molecule has 0 aliphatic heterocycles. The van der Waals surface area contributed by atoms with Gasteiger partial charge in [-0.25, -0.2) is 0 Å². The number of hydrogen-bond acceptors (Lipinski definition) is 5. The molecule has 3 rings (SSSR count). The smallest absolute Gasteiger partial charge is 0.224 e. The fourth-order valence-electron chi connectivity index (χ4n) is 4.20. The summed E-state index contributed by atoms with van der Waals surface area (Å²) >= 11 is 0. The molecule has 1 aliphatic rings. The molecule has 0 unspecified atom stereocenters. The van der Waals surface area contributed by atoms with Gasteiger partial charge in [-0.1, -0.05) is 43.2 Å². The second-order valence-corrected chi connectivity index (χ2v) is 8.62. The van der Waals surface area contributed by atoms with Crippen LogP contribution in [0.5, 0.6) is 5.75 Å². The summed E-state index contributed by atoms with van der Waals surface area (Å²) < 4.78 is 0. The lowest BCUT2D eigenvalue weighted by atomic mass is 10.0. The van der Waals surface area contributed by atoms with Crippen molar-refractivity contribution in [2.24, 2.45) is 0 Å². The van der Waals surface area contributed by atoms with E-state index in [0.29, 0.717) is 30.1 Å². The van der Waals surface area contributed by atoms with Gasteiger partial charge in [-0.15, -0.1) is 0 Å². The Morgan fingerprint density at radius 3 is 2.61 bits per heavy atom. The van der Waals surface area contributed by atoms with Crippen LogP contribution >= 0.6 is 0 Å². The molecule has 1 amide bonds. The molecule has 2 aromatic rings. The topological polar surface area (TPSA) is 102 Å². The van der Waals surface area contributed by atoms with E-state index in [1.54, 1.807) is 12.1 Å². The summed E-state index contributed by atoms with van der Waals surface area (Å²) in [6.45, 7) is 2.15. The van der Waals surface area contributed by atoms with Crippen LogP contribution in [0.25, 0.3) is 0 Å². The number of aliphatic hydroxyl groups is 2. The van der Waals surface area contributed by atoms with E-state index in [0.717, 1.165) is 30.4 Å². The Kier molecular flexibility index (Phi) is 8.46. The van der Waals surface area contributed by atoms with E-state index < -0.39 is 6.10 Å². The van der Waals surface area contributed by atoms with E-state index in [1.165, 1.54) is 18.9 Å². The minimum atomic E-state index is -0.737. The monoisotopic (exact) mass is 426 g/mol. The van der Waals surface area contributed by atoms with Crippen molar-refractivity contribution in [2.75, 3.05) is 6.54 Å². The molecule has 1 fully saturated rings. The fraction of sp³-hybridized carbons (Fsp3) is 0.480. The highest BCUT2D eigenvalue weighted by molar-refractivity contribution is 5.78. The maximum atomic E-state index is 12.3. The molecule has 6 nitrogen and oxygen atoms in total. The molecular weight excluding hydrogens is 392 g/mol. The number of hydrogen-bond donors (Lipinski definition) is 5. The number of aromatic hydroxyl groups is 1. The van der Waals surface area contributed by atoms with Gasteiger partial charge in [-0.05, 0) is 55.0 Å². The molecule has 1 aliphatic carbocycles. The summed E-state index contributed by atoms with van der Waals surface area (Å²) in [6.07, 6.45) is 5.03. The largest absolute Gasteiger partial charge is 0.508 e. The summed E-state index contributed by atoms with van der Waals surface area (Å²) in [5.74, 6) is 0.117. The van der Waals surface area contributed by atoms with Gasteiger partial charge in [0.05, 0.1) is 19.1 Å². The van der Waals surface area contributed by atoms with Crippen LogP contribution in [-0.2, 0) is 24.2 Å². The van der Waals surface area contributed by atoms with E-state index >= 15 is 0 Å². The lowest BCUT2D eigenvalue weighted by Crippen LogP contribution is -2.33. The quantitative estimate of drug-likeness (QED) is 0.402. The lowest BCUT2D eigenvalue weighted by molar-refractivity contribution is -0.121. The van der Waals surface area contributed by atoms with Crippen molar-refractivity contribution in [3.05, 3.63) is 64.7 Å². The van der Waals surface area contributed by atoms with Crippen LogP contribution in [0.4, 0.5) is 0 Å². The van der Waals surface area contributed by atoms with Crippen molar-refractivity contribution in [3.8, 4) is 5.75 Å². The Labute approximate surface area is 184 Å². The SMILES string of the molecule is C[C@H](Cc1cccc(CC(=O)NC2CCCC2)c1)NC[C@H](O)c1ccc(O)c(CO)c1. The molecule has 0 aromatic heterocycles. The molecule has 6 heteroatoms. The zero-order valence-corrected chi connectivity index (χ0v) is 18.2. The Morgan fingerprint density at radius 1 is 1.13 bits per heavy atom. The van der Waals surface area contributed by atoms with Gasteiger partial charge in [0.2, 0.25) is 5.91 Å². The van der Waals surface area contributed by atoms with Gasteiger partial charge in [0.15, 0.2) is 0 Å². The highest BCUT2D eigenvalue weighted by Gasteiger charge is 2.17. The molecule has 2 aromatic carbocycles. The molecule has 0 saturated heterocycles. The number of aliphatic hydroxyl groups excluding tert-OH is 2. The van der Waals surface area contributed by atoms with E-state index in [1.807, 2.05) is 12.1 Å². The highest BCUT2D eigenvalue weighted by Crippen LogP contribution is 2.22. The summed E-state index contributed by atoms with van der Waals surface area (Å²) in [7, 11) is 0. The van der Waals surface area contributed by atoms with Gasteiger partial charge < -0.3 is 26.0 Å². The average Bonchev–Trinajstić information content (AvgIpc) is 3.25. The summed E-state index contributed by atoms with van der Waals surface area (Å²) in [6, 6.07) is 13.3. The zero-order chi connectivity index (χ0) is 22.2. The van der Waals surface area contributed by atoms with E-state index in [4.69, 9.17) is 0 Å². The first-order valence-electron chi connectivity index (χ1n) is 11.2. The van der Waals surface area contributed by atoms with Crippen LogP contribution < -0.4 is 10.6 Å². The predicted molar refractivity (Wildman–Crippen MR) is 121 cm³/mol. The number of carbonyl (C=O) groups is 1. The van der Waals surface area contributed by atoms with Crippen molar-refractivity contribution in [1.82, 2.24) is 10.6 Å². The van der Waals surface area contributed by atoms with Gasteiger partial charge in [-0.2, -0.15) is 0 Å². The molecule has 31 heavy (non-hydrogen) atoms. The molecule has 5 N–H and O–H groups in total. The van der Waals surface area contributed by atoms with Gasteiger partial charge in [0.25, 0.3) is 0 Å². The number of nitrogens with one attached hydrogen (secondary N) is 2. The van der Waals surface area contributed by atoms with Gasteiger partial charge >= 0.3 is 0 Å². The normalized spacial score (nSPS) is 16.2. The Hall–Kier alpha value is -2.41. The standard InChI is InChI=1S/C25H34N2O4/c1-17(26-15-24(30)20-9-10-23(29)21(14-20)16-28)11-18-5-4-6-19(12-18)13-25(31)27-22-7-2-3-8-22/h4-6,9-10,12,14,17,22,24,26,28-30H,2-3,7-8,11,13,15-16H2,1H3,(H,27,31)/t17-,24+/m1/s1. The lowest BCUT2D eigenvalue weighted by Gasteiger charge is -2.18. The molecular formula is C25H34N2O4. The van der Waals surface area contributed by atoms with Crippen molar-refractivity contribution in [1.29, 1.82) is 0 Å². The first-order valence-corrected chi connectivity index (χ1v) is 11.2. The van der Waals surface area contributed by atoms with E-state index in [-0.39, 0.29) is 24.3 Å². The molecule has 0 bridgehead atoms. The predicted octanol–water partition coefficient (Wildman–Crippen LogP) is 2.74. The Bertz CT molecular complexity index is 864. The summed E-state index contributed by atoms with van der Waals surface area (Å²) in [5, 5.41) is 35.8. The Morgan fingerprint density at radius 2 is 1.87 bits per heavy atom. The second kappa shape index (κ2) is 11.3. The third-order valence-electron chi connectivity index (χ3n) is 5.94. The molecule has 0 heterocycles. The van der Waals surface area contributed by atoms with Crippen LogP contribution in [-0.4, -0.2) is 39.9 Å². The first-order chi connectivity index (χ1) is 14.9. The zero-order valence-electron chi connectivity index (χ0n) is 18.2. The van der Waals surface area contributed by atoms with Crippen molar-refractivity contribution < 1.29 is 20.1 Å². The fourth-order valence-corrected chi connectivity index (χ4v) is 4.20. The second-order valence-electron chi connectivity index (χ2n) is 8.62. The van der Waals surface area contributed by atoms with Gasteiger partial charge in [0, 0.05) is 24.2 Å². The minimum absolute atomic E-state index is 0.0246. The Balaban J connectivity index is 1.48. The maximum absolute atomic E-state index is 12.3. The molecule has 2 atom stereocenters. The number of phenols is 1. The van der Waals surface area contributed by atoms with Crippen LogP contribution in [0.2, 0.25) is 0 Å². The average molecular weight is 427 g/mol. The maximum Gasteiger partial charge on any atom is 0.224 e. The van der Waals surface area contributed by atoms with Gasteiger partial charge in [-0.3, -0.25) is 4.79 Å². The minimum Gasteiger partial charge on any atom is -0.508 e. The number of amides is 1. The number of benzene rings is 2. The first kappa shape index (κ1) is 23.3. The van der Waals surface area contributed by atoms with Crippen molar-refractivity contribution in [2.45, 2.75) is 70.2 Å². The van der Waals surface area contributed by atoms with E-state index in [2.05, 4.69) is 29.7 Å².